The number of rotatable bonds is 5. The largest absolute Gasteiger partial charge is 0.504 e. The van der Waals surface area contributed by atoms with Gasteiger partial charge in [0.05, 0.1) is 12.2 Å². The van der Waals surface area contributed by atoms with E-state index >= 15 is 0 Å². The number of phenolic OH excluding ortho intramolecular Hbond substituents is 2. The van der Waals surface area contributed by atoms with Gasteiger partial charge in [0, 0.05) is 0 Å². The van der Waals surface area contributed by atoms with Crippen LogP contribution in [0.3, 0.4) is 0 Å². The quantitative estimate of drug-likeness (QED) is 0.504. The molecule has 0 amide bonds. The van der Waals surface area contributed by atoms with E-state index in [1.54, 1.807) is 18.2 Å². The number of hydrogen-bond donors (Lipinski definition) is 2. The number of ether oxygens (including phenoxy) is 1. The SMILES string of the molecule is O=C(OCCCc1ccccc1F)c1ccc(O)c(O)c1. The zero-order valence-electron chi connectivity index (χ0n) is 11.3. The standard InChI is InChI=1S/C16H15FO4/c17-13-6-2-1-4-11(13)5-3-9-21-16(20)12-7-8-14(18)15(19)10-12/h1-2,4,6-8,10,18-19H,3,5,9H2. The highest BCUT2D eigenvalue weighted by atomic mass is 19.1. The fourth-order valence-corrected chi connectivity index (χ4v) is 1.86. The van der Waals surface area contributed by atoms with Gasteiger partial charge >= 0.3 is 5.97 Å². The van der Waals surface area contributed by atoms with Crippen molar-refractivity contribution in [3.63, 3.8) is 0 Å². The molecule has 21 heavy (non-hydrogen) atoms. The second kappa shape index (κ2) is 6.74. The van der Waals surface area contributed by atoms with Gasteiger partial charge in [-0.3, -0.25) is 0 Å². The van der Waals surface area contributed by atoms with Gasteiger partial charge in [0.1, 0.15) is 5.82 Å². The third-order valence-electron chi connectivity index (χ3n) is 2.99. The monoisotopic (exact) mass is 290 g/mol. The molecule has 2 aromatic rings. The van der Waals surface area contributed by atoms with E-state index in [1.807, 2.05) is 0 Å². The lowest BCUT2D eigenvalue weighted by molar-refractivity contribution is 0.0500. The van der Waals surface area contributed by atoms with Gasteiger partial charge in [0.25, 0.3) is 0 Å². The molecule has 2 aromatic carbocycles. The molecule has 0 saturated heterocycles. The second-order valence-electron chi connectivity index (χ2n) is 4.53. The number of halogens is 1. The highest BCUT2D eigenvalue weighted by Crippen LogP contribution is 2.25. The van der Waals surface area contributed by atoms with Crippen molar-refractivity contribution in [2.24, 2.45) is 0 Å². The number of hydrogen-bond acceptors (Lipinski definition) is 4. The number of esters is 1. The maximum atomic E-state index is 13.4. The number of carbonyl (C=O) groups excluding carboxylic acids is 1. The van der Waals surface area contributed by atoms with Crippen LogP contribution in [0.4, 0.5) is 4.39 Å². The summed E-state index contributed by atoms with van der Waals surface area (Å²) in [5.41, 5.74) is 0.729. The summed E-state index contributed by atoms with van der Waals surface area (Å²) in [6.07, 6.45) is 0.970. The van der Waals surface area contributed by atoms with E-state index in [2.05, 4.69) is 0 Å². The highest BCUT2D eigenvalue weighted by Gasteiger charge is 2.10. The minimum atomic E-state index is -0.598. The number of phenols is 2. The first-order valence-electron chi connectivity index (χ1n) is 6.50. The van der Waals surface area contributed by atoms with Crippen molar-refractivity contribution < 1.29 is 24.1 Å². The molecular weight excluding hydrogens is 275 g/mol. The van der Waals surface area contributed by atoms with Crippen LogP contribution in [0, 0.1) is 5.82 Å². The van der Waals surface area contributed by atoms with Crippen LogP contribution < -0.4 is 0 Å². The summed E-state index contributed by atoms with van der Waals surface area (Å²) in [6.45, 7) is 0.148. The molecule has 2 N–H and O–H groups in total. The topological polar surface area (TPSA) is 66.8 Å². The molecule has 0 heterocycles. The molecule has 0 fully saturated rings. The number of benzene rings is 2. The molecule has 0 radical (unpaired) electrons. The molecule has 0 aliphatic heterocycles. The van der Waals surface area contributed by atoms with Crippen molar-refractivity contribution in [1.29, 1.82) is 0 Å². The van der Waals surface area contributed by atoms with Crippen LogP contribution in [-0.2, 0) is 11.2 Å². The Bertz CT molecular complexity index is 640. The maximum Gasteiger partial charge on any atom is 0.338 e. The maximum absolute atomic E-state index is 13.4. The molecule has 0 aliphatic carbocycles. The zero-order chi connectivity index (χ0) is 15.2. The molecule has 0 atom stereocenters. The molecule has 0 unspecified atom stereocenters. The van der Waals surface area contributed by atoms with E-state index in [0.717, 1.165) is 6.07 Å². The Labute approximate surface area is 121 Å². The van der Waals surface area contributed by atoms with Crippen LogP contribution in [0.2, 0.25) is 0 Å². The highest BCUT2D eigenvalue weighted by molar-refractivity contribution is 5.90. The van der Waals surface area contributed by atoms with Crippen LogP contribution in [0.5, 0.6) is 11.5 Å². The molecule has 0 aliphatic rings. The summed E-state index contributed by atoms with van der Waals surface area (Å²) in [5.74, 6) is -1.55. The third-order valence-corrected chi connectivity index (χ3v) is 2.99. The van der Waals surface area contributed by atoms with Crippen molar-refractivity contribution in [2.45, 2.75) is 12.8 Å². The molecule has 0 spiro atoms. The summed E-state index contributed by atoms with van der Waals surface area (Å²) < 4.78 is 18.4. The fourth-order valence-electron chi connectivity index (χ4n) is 1.86. The van der Waals surface area contributed by atoms with Gasteiger partial charge in [-0.25, -0.2) is 9.18 Å². The van der Waals surface area contributed by atoms with E-state index in [-0.39, 0.29) is 29.5 Å². The predicted octanol–water partition coefficient (Wildman–Crippen LogP) is 3.03. The lowest BCUT2D eigenvalue weighted by Gasteiger charge is -2.06. The Morgan fingerprint density at radius 2 is 1.86 bits per heavy atom. The fraction of sp³-hybridized carbons (Fsp3) is 0.188. The number of aromatic hydroxyl groups is 2. The average molecular weight is 290 g/mol. The molecule has 0 bridgehead atoms. The Morgan fingerprint density at radius 3 is 2.57 bits per heavy atom. The van der Waals surface area contributed by atoms with E-state index in [1.165, 1.54) is 18.2 Å². The van der Waals surface area contributed by atoms with Gasteiger partial charge in [-0.15, -0.1) is 0 Å². The first-order valence-corrected chi connectivity index (χ1v) is 6.50. The van der Waals surface area contributed by atoms with E-state index in [9.17, 15) is 14.3 Å². The molecule has 4 nitrogen and oxygen atoms in total. The van der Waals surface area contributed by atoms with Crippen LogP contribution >= 0.6 is 0 Å². The van der Waals surface area contributed by atoms with Crippen molar-refractivity contribution in [3.05, 3.63) is 59.4 Å². The number of carbonyl (C=O) groups is 1. The van der Waals surface area contributed by atoms with Crippen LogP contribution in [-0.4, -0.2) is 22.8 Å². The minimum Gasteiger partial charge on any atom is -0.504 e. The third kappa shape index (κ3) is 3.95. The van der Waals surface area contributed by atoms with E-state index < -0.39 is 5.97 Å². The van der Waals surface area contributed by atoms with Crippen molar-refractivity contribution in [3.8, 4) is 11.5 Å². The summed E-state index contributed by atoms with van der Waals surface area (Å²) >= 11 is 0. The zero-order valence-corrected chi connectivity index (χ0v) is 11.3. The first kappa shape index (κ1) is 14.8. The van der Waals surface area contributed by atoms with Gasteiger partial charge in [0.15, 0.2) is 11.5 Å². The van der Waals surface area contributed by atoms with Crippen molar-refractivity contribution in [1.82, 2.24) is 0 Å². The summed E-state index contributed by atoms with van der Waals surface area (Å²) in [7, 11) is 0. The van der Waals surface area contributed by atoms with Crippen molar-refractivity contribution >= 4 is 5.97 Å². The molecule has 2 rings (SSSR count). The Morgan fingerprint density at radius 1 is 1.10 bits per heavy atom. The number of aryl methyl sites for hydroxylation is 1. The van der Waals surface area contributed by atoms with Gasteiger partial charge in [-0.2, -0.15) is 0 Å². The van der Waals surface area contributed by atoms with E-state index in [0.29, 0.717) is 18.4 Å². The van der Waals surface area contributed by atoms with Crippen LogP contribution in [0.15, 0.2) is 42.5 Å². The normalized spacial score (nSPS) is 10.3. The summed E-state index contributed by atoms with van der Waals surface area (Å²) in [6, 6.07) is 10.2. The summed E-state index contributed by atoms with van der Waals surface area (Å²) in [5, 5.41) is 18.5. The van der Waals surface area contributed by atoms with E-state index in [4.69, 9.17) is 9.84 Å². The summed E-state index contributed by atoms with van der Waals surface area (Å²) in [4.78, 5) is 11.7. The molecular formula is C16H15FO4. The van der Waals surface area contributed by atoms with Crippen LogP contribution in [0.1, 0.15) is 22.3 Å². The Balaban J connectivity index is 1.82. The van der Waals surface area contributed by atoms with Gasteiger partial charge in [-0.1, -0.05) is 18.2 Å². The lowest BCUT2D eigenvalue weighted by Crippen LogP contribution is -2.07. The first-order chi connectivity index (χ1) is 10.1. The predicted molar refractivity (Wildman–Crippen MR) is 74.8 cm³/mol. The van der Waals surface area contributed by atoms with Crippen molar-refractivity contribution in [2.75, 3.05) is 6.61 Å². The Hall–Kier alpha value is -2.56. The van der Waals surface area contributed by atoms with Gasteiger partial charge in [0.2, 0.25) is 0 Å². The average Bonchev–Trinajstić information content (AvgIpc) is 2.48. The lowest BCUT2D eigenvalue weighted by atomic mass is 10.1. The Kier molecular flexibility index (Phi) is 4.77. The smallest absolute Gasteiger partial charge is 0.338 e. The molecule has 5 heteroatoms. The van der Waals surface area contributed by atoms with Gasteiger partial charge in [-0.05, 0) is 42.7 Å². The van der Waals surface area contributed by atoms with Gasteiger partial charge < -0.3 is 14.9 Å². The molecule has 0 saturated carbocycles. The second-order valence-corrected chi connectivity index (χ2v) is 4.53. The molecule has 0 aromatic heterocycles. The van der Waals surface area contributed by atoms with Crippen LogP contribution in [0.25, 0.3) is 0 Å². The minimum absolute atomic E-state index is 0.148. The molecule has 110 valence electrons.